The third kappa shape index (κ3) is 3.32. The molecule has 0 aromatic heterocycles. The molecule has 4 nitrogen and oxygen atoms in total. The van der Waals surface area contributed by atoms with Gasteiger partial charge in [-0.1, -0.05) is 18.2 Å². The summed E-state index contributed by atoms with van der Waals surface area (Å²) >= 11 is 0. The quantitative estimate of drug-likeness (QED) is 0.646. The maximum Gasteiger partial charge on any atom is 0.251 e. The smallest absolute Gasteiger partial charge is 0.251 e. The normalized spacial score (nSPS) is 12.2. The monoisotopic (exact) mass is 221 g/mol. The summed E-state index contributed by atoms with van der Waals surface area (Å²) in [6.45, 7) is 4.12. The Morgan fingerprint density at radius 3 is 2.62 bits per heavy atom. The number of benzene rings is 1. The highest BCUT2D eigenvalue weighted by Gasteiger charge is 2.13. The van der Waals surface area contributed by atoms with E-state index in [0.29, 0.717) is 6.42 Å². The van der Waals surface area contributed by atoms with Crippen LogP contribution in [0.5, 0.6) is 0 Å². The number of aryl methyl sites for hydroxylation is 2. The van der Waals surface area contributed by atoms with Gasteiger partial charge in [-0.05, 0) is 37.0 Å². The number of nitrogens with two attached hydrogens (primary N) is 1. The van der Waals surface area contributed by atoms with E-state index in [0.717, 1.165) is 5.56 Å². The lowest BCUT2D eigenvalue weighted by molar-refractivity contribution is -0.123. The first-order valence-electron chi connectivity index (χ1n) is 5.33. The molecule has 0 aliphatic heterocycles. The van der Waals surface area contributed by atoms with Gasteiger partial charge in [-0.3, -0.25) is 10.2 Å². The summed E-state index contributed by atoms with van der Waals surface area (Å²) in [6.07, 6.45) is 0.550. The van der Waals surface area contributed by atoms with E-state index in [-0.39, 0.29) is 5.91 Å². The van der Waals surface area contributed by atoms with Crippen LogP contribution in [0.1, 0.15) is 16.7 Å². The van der Waals surface area contributed by atoms with Crippen LogP contribution in [0.4, 0.5) is 0 Å². The molecule has 4 N–H and O–H groups in total. The Balaban J connectivity index is 2.66. The first-order chi connectivity index (χ1) is 7.54. The van der Waals surface area contributed by atoms with Crippen LogP contribution >= 0.6 is 0 Å². The van der Waals surface area contributed by atoms with Gasteiger partial charge in [0, 0.05) is 7.05 Å². The van der Waals surface area contributed by atoms with E-state index >= 15 is 0 Å². The van der Waals surface area contributed by atoms with E-state index in [9.17, 15) is 4.79 Å². The number of carbonyl (C=O) groups is 1. The highest BCUT2D eigenvalue weighted by atomic mass is 16.2. The van der Waals surface area contributed by atoms with E-state index in [1.165, 1.54) is 11.1 Å². The lowest BCUT2D eigenvalue weighted by Crippen LogP contribution is -2.46. The first kappa shape index (κ1) is 12.7. The molecular weight excluding hydrogens is 202 g/mol. The molecule has 0 aliphatic rings. The van der Waals surface area contributed by atoms with Crippen molar-refractivity contribution in [2.24, 2.45) is 5.73 Å². The SMILES string of the molecule is CNNC(=O)C(N)Cc1ccc(C)c(C)c1. The molecule has 0 fully saturated rings. The molecule has 0 spiro atoms. The number of carbonyl (C=O) groups excluding carboxylic acids is 1. The van der Waals surface area contributed by atoms with Gasteiger partial charge in [0.25, 0.3) is 5.91 Å². The number of nitrogens with one attached hydrogen (secondary N) is 2. The molecule has 0 bridgehead atoms. The summed E-state index contributed by atoms with van der Waals surface area (Å²) in [7, 11) is 1.64. The molecule has 1 amide bonds. The van der Waals surface area contributed by atoms with Crippen molar-refractivity contribution >= 4 is 5.91 Å². The van der Waals surface area contributed by atoms with Crippen LogP contribution in [0.15, 0.2) is 18.2 Å². The molecule has 0 aliphatic carbocycles. The summed E-state index contributed by atoms with van der Waals surface area (Å²) < 4.78 is 0. The fourth-order valence-electron chi connectivity index (χ4n) is 1.49. The number of hydrogen-bond acceptors (Lipinski definition) is 3. The Morgan fingerprint density at radius 2 is 2.06 bits per heavy atom. The minimum atomic E-state index is -0.519. The Morgan fingerprint density at radius 1 is 1.38 bits per heavy atom. The second kappa shape index (κ2) is 5.63. The molecule has 0 radical (unpaired) electrons. The van der Waals surface area contributed by atoms with Crippen molar-refractivity contribution in [3.8, 4) is 0 Å². The number of rotatable bonds is 4. The van der Waals surface area contributed by atoms with Gasteiger partial charge in [0.2, 0.25) is 0 Å². The van der Waals surface area contributed by atoms with Gasteiger partial charge in [0.05, 0.1) is 6.04 Å². The molecule has 0 heterocycles. The first-order valence-corrected chi connectivity index (χ1v) is 5.33. The average Bonchev–Trinajstić information content (AvgIpc) is 2.24. The second-order valence-corrected chi connectivity index (χ2v) is 3.97. The zero-order chi connectivity index (χ0) is 12.1. The van der Waals surface area contributed by atoms with E-state index in [4.69, 9.17) is 5.73 Å². The van der Waals surface area contributed by atoms with Crippen molar-refractivity contribution in [2.45, 2.75) is 26.3 Å². The van der Waals surface area contributed by atoms with E-state index < -0.39 is 6.04 Å². The van der Waals surface area contributed by atoms with Crippen LogP contribution < -0.4 is 16.6 Å². The molecule has 1 atom stereocenters. The van der Waals surface area contributed by atoms with Crippen molar-refractivity contribution < 1.29 is 4.79 Å². The minimum absolute atomic E-state index is 0.194. The van der Waals surface area contributed by atoms with E-state index in [1.807, 2.05) is 12.1 Å². The Kier molecular flexibility index (Phi) is 4.46. The molecule has 1 aromatic carbocycles. The number of hydrazine groups is 1. The maximum absolute atomic E-state index is 11.4. The molecule has 0 saturated heterocycles. The molecule has 16 heavy (non-hydrogen) atoms. The molecular formula is C12H19N3O. The van der Waals surface area contributed by atoms with Gasteiger partial charge < -0.3 is 5.73 Å². The van der Waals surface area contributed by atoms with Crippen molar-refractivity contribution in [1.82, 2.24) is 10.9 Å². The zero-order valence-corrected chi connectivity index (χ0v) is 10.0. The largest absolute Gasteiger partial charge is 0.320 e. The minimum Gasteiger partial charge on any atom is -0.320 e. The number of hydrogen-bond donors (Lipinski definition) is 3. The fraction of sp³-hybridized carbons (Fsp3) is 0.417. The summed E-state index contributed by atoms with van der Waals surface area (Å²) in [6, 6.07) is 5.61. The van der Waals surface area contributed by atoms with Crippen molar-refractivity contribution in [3.63, 3.8) is 0 Å². The van der Waals surface area contributed by atoms with Crippen molar-refractivity contribution in [3.05, 3.63) is 34.9 Å². The van der Waals surface area contributed by atoms with Gasteiger partial charge in [-0.2, -0.15) is 0 Å². The summed E-state index contributed by atoms with van der Waals surface area (Å²) in [5.41, 5.74) is 14.4. The van der Waals surface area contributed by atoms with E-state index in [1.54, 1.807) is 7.05 Å². The predicted octanol–water partition coefficient (Wildman–Crippen LogP) is 0.424. The lowest BCUT2D eigenvalue weighted by atomic mass is 10.0. The Hall–Kier alpha value is -1.39. The molecule has 1 unspecified atom stereocenters. The summed E-state index contributed by atoms with van der Waals surface area (Å²) in [5.74, 6) is -0.194. The third-order valence-corrected chi connectivity index (χ3v) is 2.61. The average molecular weight is 221 g/mol. The van der Waals surface area contributed by atoms with Crippen LogP contribution in [0.3, 0.4) is 0 Å². The molecule has 1 aromatic rings. The Bertz CT molecular complexity index is 377. The lowest BCUT2D eigenvalue weighted by Gasteiger charge is -2.12. The van der Waals surface area contributed by atoms with Gasteiger partial charge in [0.1, 0.15) is 0 Å². The van der Waals surface area contributed by atoms with Crippen LogP contribution in [-0.4, -0.2) is 19.0 Å². The topological polar surface area (TPSA) is 67.1 Å². The second-order valence-electron chi connectivity index (χ2n) is 3.97. The van der Waals surface area contributed by atoms with Crippen molar-refractivity contribution in [2.75, 3.05) is 7.05 Å². The summed E-state index contributed by atoms with van der Waals surface area (Å²) in [5, 5.41) is 0. The maximum atomic E-state index is 11.4. The molecule has 1 rings (SSSR count). The molecule has 4 heteroatoms. The standard InChI is InChI=1S/C12H19N3O/c1-8-4-5-10(6-9(8)2)7-11(13)12(16)15-14-3/h4-6,11,14H,7,13H2,1-3H3,(H,15,16). The van der Waals surface area contributed by atoms with Gasteiger partial charge in [0.15, 0.2) is 0 Å². The zero-order valence-electron chi connectivity index (χ0n) is 10.0. The number of amides is 1. The highest BCUT2D eigenvalue weighted by Crippen LogP contribution is 2.11. The van der Waals surface area contributed by atoms with Crippen LogP contribution in [-0.2, 0) is 11.2 Å². The molecule has 0 saturated carbocycles. The van der Waals surface area contributed by atoms with Crippen molar-refractivity contribution in [1.29, 1.82) is 0 Å². The van der Waals surface area contributed by atoms with E-state index in [2.05, 4.69) is 30.8 Å². The fourth-order valence-corrected chi connectivity index (χ4v) is 1.49. The third-order valence-electron chi connectivity index (χ3n) is 2.61. The predicted molar refractivity (Wildman–Crippen MR) is 64.8 cm³/mol. The van der Waals surface area contributed by atoms with Crippen LogP contribution in [0.2, 0.25) is 0 Å². The van der Waals surface area contributed by atoms with Gasteiger partial charge in [-0.25, -0.2) is 5.43 Å². The molecule has 88 valence electrons. The highest BCUT2D eigenvalue weighted by molar-refractivity contribution is 5.81. The van der Waals surface area contributed by atoms with Crippen LogP contribution in [0.25, 0.3) is 0 Å². The van der Waals surface area contributed by atoms with Crippen LogP contribution in [0, 0.1) is 13.8 Å². The van der Waals surface area contributed by atoms with Gasteiger partial charge in [-0.15, -0.1) is 0 Å². The summed E-state index contributed by atoms with van der Waals surface area (Å²) in [4.78, 5) is 11.4. The van der Waals surface area contributed by atoms with Gasteiger partial charge >= 0.3 is 0 Å². The Labute approximate surface area is 96.2 Å².